The molecule has 12 N–H and O–H groups in total. The quantitative estimate of drug-likeness (QED) is 0.0309. The molecule has 49 heavy (non-hydrogen) atoms. The van der Waals surface area contributed by atoms with E-state index >= 15 is 0 Å². The van der Waals surface area contributed by atoms with Gasteiger partial charge in [0.15, 0.2) is 5.78 Å². The van der Waals surface area contributed by atoms with Crippen LogP contribution in [0.4, 0.5) is 0 Å². The molecule has 0 saturated carbocycles. The molecular formula is C33H64N10O6. The summed E-state index contributed by atoms with van der Waals surface area (Å²) in [6, 6.07) is -1.68. The first-order valence-corrected chi connectivity index (χ1v) is 17.5. The van der Waals surface area contributed by atoms with Gasteiger partial charge >= 0.3 is 0 Å². The van der Waals surface area contributed by atoms with Crippen molar-refractivity contribution in [2.75, 3.05) is 26.2 Å². The maximum absolute atomic E-state index is 13.6. The molecule has 1 heterocycles. The Kier molecular flexibility index (Phi) is 18.7. The van der Waals surface area contributed by atoms with Crippen LogP contribution in [0.25, 0.3) is 0 Å². The van der Waals surface area contributed by atoms with Crippen molar-refractivity contribution in [2.24, 2.45) is 17.2 Å². The van der Waals surface area contributed by atoms with Gasteiger partial charge in [-0.3, -0.25) is 34.6 Å². The summed E-state index contributed by atoms with van der Waals surface area (Å²) in [5.41, 5.74) is 16.9. The summed E-state index contributed by atoms with van der Waals surface area (Å²) in [6.07, 6.45) is 5.16. The first-order valence-electron chi connectivity index (χ1n) is 17.5. The molecule has 1 rings (SSSR count). The van der Waals surface area contributed by atoms with E-state index in [1.165, 1.54) is 20.8 Å². The Balaban J connectivity index is 2.87. The molecule has 3 amide bonds. The lowest BCUT2D eigenvalue weighted by molar-refractivity contribution is -0.135. The highest BCUT2D eigenvalue weighted by Gasteiger charge is 2.37. The van der Waals surface area contributed by atoms with Gasteiger partial charge in [0.25, 0.3) is 0 Å². The Hall–Kier alpha value is -2.86. The van der Waals surface area contributed by atoms with Crippen molar-refractivity contribution < 1.29 is 28.8 Å². The van der Waals surface area contributed by atoms with Crippen LogP contribution in [0.15, 0.2) is 0 Å². The SMILES string of the molecule is CCC(C)(N)C(=O)CNC(=O)C(C)(C)NC(=O)C(CCCCNC(=O)[C@H](CCCNC(N)N)NN1CCC[C@H]1C=O)NC(C)(CC)C(C)=O. The van der Waals surface area contributed by atoms with E-state index in [1.54, 1.807) is 20.8 Å². The molecule has 1 aliphatic heterocycles. The number of hydrogen-bond acceptors (Lipinski definition) is 13. The third-order valence-corrected chi connectivity index (χ3v) is 9.44. The van der Waals surface area contributed by atoms with Crippen LogP contribution >= 0.6 is 0 Å². The summed E-state index contributed by atoms with van der Waals surface area (Å²) < 4.78 is 0. The van der Waals surface area contributed by atoms with Crippen LogP contribution in [0.1, 0.15) is 106 Å². The highest BCUT2D eigenvalue weighted by atomic mass is 16.2. The maximum Gasteiger partial charge on any atom is 0.245 e. The van der Waals surface area contributed by atoms with E-state index in [0.717, 1.165) is 19.1 Å². The average Bonchev–Trinajstić information content (AvgIpc) is 3.50. The van der Waals surface area contributed by atoms with Crippen LogP contribution in [0, 0.1) is 0 Å². The van der Waals surface area contributed by atoms with Gasteiger partial charge in [-0.2, -0.15) is 0 Å². The number of rotatable bonds is 25. The topological polar surface area (TPSA) is 256 Å². The number of nitrogens with two attached hydrogens (primary N) is 3. The number of carbonyl (C=O) groups excluding carboxylic acids is 6. The van der Waals surface area contributed by atoms with Gasteiger partial charge in [0.05, 0.1) is 29.7 Å². The zero-order valence-electron chi connectivity index (χ0n) is 30.7. The predicted molar refractivity (Wildman–Crippen MR) is 188 cm³/mol. The Morgan fingerprint density at radius 3 is 2.12 bits per heavy atom. The molecule has 0 spiro atoms. The number of nitrogens with one attached hydrogen (secondary N) is 6. The predicted octanol–water partition coefficient (Wildman–Crippen LogP) is -1.20. The Morgan fingerprint density at radius 2 is 1.55 bits per heavy atom. The summed E-state index contributed by atoms with van der Waals surface area (Å²) in [5, 5.41) is 16.2. The smallest absolute Gasteiger partial charge is 0.245 e. The van der Waals surface area contributed by atoms with Crippen LogP contribution in [0.3, 0.4) is 0 Å². The minimum absolute atomic E-state index is 0.131. The van der Waals surface area contributed by atoms with Crippen LogP contribution in [0.2, 0.25) is 0 Å². The second-order valence-electron chi connectivity index (χ2n) is 14.1. The van der Waals surface area contributed by atoms with E-state index in [9.17, 15) is 28.8 Å². The van der Waals surface area contributed by atoms with Gasteiger partial charge < -0.3 is 37.9 Å². The molecule has 16 nitrogen and oxygen atoms in total. The van der Waals surface area contributed by atoms with Gasteiger partial charge in [0, 0.05) is 13.1 Å². The molecule has 16 heteroatoms. The summed E-state index contributed by atoms with van der Waals surface area (Å²) in [7, 11) is 0. The first-order chi connectivity index (χ1) is 22.8. The van der Waals surface area contributed by atoms with Crippen molar-refractivity contribution in [1.82, 2.24) is 37.0 Å². The monoisotopic (exact) mass is 697 g/mol. The second kappa shape index (κ2) is 20.7. The molecule has 0 aromatic rings. The normalized spacial score (nSPS) is 19.0. The van der Waals surface area contributed by atoms with Gasteiger partial charge in [-0.05, 0) is 99.0 Å². The fourth-order valence-corrected chi connectivity index (χ4v) is 5.27. The summed E-state index contributed by atoms with van der Waals surface area (Å²) in [5.74, 6) is -1.69. The molecule has 1 saturated heterocycles. The van der Waals surface area contributed by atoms with Gasteiger partial charge in [-0.15, -0.1) is 0 Å². The molecule has 0 radical (unpaired) electrons. The molecule has 0 aliphatic carbocycles. The third kappa shape index (κ3) is 14.9. The van der Waals surface area contributed by atoms with Crippen LogP contribution in [-0.4, -0.2) is 108 Å². The number of unbranched alkanes of at least 4 members (excludes halogenated alkanes) is 1. The van der Waals surface area contributed by atoms with Gasteiger partial charge in [0.2, 0.25) is 17.7 Å². The lowest BCUT2D eigenvalue weighted by atomic mass is 9.91. The molecule has 3 unspecified atom stereocenters. The minimum atomic E-state index is -1.37. The van der Waals surface area contributed by atoms with E-state index in [2.05, 4.69) is 32.0 Å². The Labute approximate surface area is 291 Å². The van der Waals surface area contributed by atoms with Crippen LogP contribution in [-0.2, 0) is 28.8 Å². The van der Waals surface area contributed by atoms with Gasteiger partial charge in [0.1, 0.15) is 29.9 Å². The van der Waals surface area contributed by atoms with E-state index in [1.807, 2.05) is 11.9 Å². The summed E-state index contributed by atoms with van der Waals surface area (Å²) in [4.78, 5) is 76.2. The molecule has 1 aliphatic rings. The van der Waals surface area contributed by atoms with Crippen LogP contribution in [0.5, 0.6) is 0 Å². The minimum Gasteiger partial charge on any atom is -0.355 e. The molecular weight excluding hydrogens is 632 g/mol. The summed E-state index contributed by atoms with van der Waals surface area (Å²) >= 11 is 0. The largest absolute Gasteiger partial charge is 0.355 e. The van der Waals surface area contributed by atoms with Crippen molar-refractivity contribution in [3.63, 3.8) is 0 Å². The standard InChI is InChI=1S/C33H64N10O6/c1-8-32(6,36)26(46)20-39-29(49)31(4,5)41-28(48)24(40-33(7,9-2)22(3)45)15-10-11-17-37-27(47)25(16-12-18-38-30(34)35)42-43-19-13-14-23(43)21-44/h21,23-25,30,38,40,42H,8-20,34-36H2,1-7H3,(H,37,47)(H,39,49)(H,41,48)/t23-,24?,25-,32?,33?/m0/s1. The lowest BCUT2D eigenvalue weighted by Crippen LogP contribution is -2.63. The Morgan fingerprint density at radius 1 is 0.898 bits per heavy atom. The second-order valence-corrected chi connectivity index (χ2v) is 14.1. The number of ketones is 2. The fourth-order valence-electron chi connectivity index (χ4n) is 5.27. The number of hydrazine groups is 1. The first kappa shape index (κ1) is 44.2. The molecule has 282 valence electrons. The molecule has 1 fully saturated rings. The summed E-state index contributed by atoms with van der Waals surface area (Å²) in [6.45, 7) is 12.7. The number of amides is 3. The van der Waals surface area contributed by atoms with Crippen molar-refractivity contribution in [1.29, 1.82) is 0 Å². The van der Waals surface area contributed by atoms with Crippen molar-refractivity contribution in [2.45, 2.75) is 147 Å². The number of Topliss-reactive ketones (excluding diaryl/α,β-unsaturated/α-hetero) is 2. The Bertz CT molecular complexity index is 1120. The van der Waals surface area contributed by atoms with E-state index in [4.69, 9.17) is 17.2 Å². The van der Waals surface area contributed by atoms with Crippen molar-refractivity contribution >= 4 is 35.6 Å². The molecule has 5 atom stereocenters. The number of hydrogen-bond donors (Lipinski definition) is 9. The molecule has 0 aromatic carbocycles. The van der Waals surface area contributed by atoms with Gasteiger partial charge in [-0.1, -0.05) is 13.8 Å². The van der Waals surface area contributed by atoms with E-state index in [0.29, 0.717) is 64.6 Å². The number of aldehydes is 1. The number of carbonyl (C=O) groups is 6. The fraction of sp³-hybridized carbons (Fsp3) is 0.818. The van der Waals surface area contributed by atoms with Crippen molar-refractivity contribution in [3.05, 3.63) is 0 Å². The van der Waals surface area contributed by atoms with Crippen LogP contribution < -0.4 is 49.2 Å². The zero-order chi connectivity index (χ0) is 37.4. The average molecular weight is 697 g/mol. The highest BCUT2D eigenvalue weighted by molar-refractivity contribution is 5.97. The van der Waals surface area contributed by atoms with E-state index < -0.39 is 46.8 Å². The highest BCUT2D eigenvalue weighted by Crippen LogP contribution is 2.17. The maximum atomic E-state index is 13.6. The molecule has 0 aromatic heterocycles. The third-order valence-electron chi connectivity index (χ3n) is 9.44. The number of nitrogens with zero attached hydrogens (tertiary/aromatic N) is 1. The van der Waals surface area contributed by atoms with E-state index in [-0.39, 0.29) is 30.1 Å². The zero-order valence-corrected chi connectivity index (χ0v) is 30.7. The lowest BCUT2D eigenvalue weighted by Gasteiger charge is -2.34. The molecule has 0 bridgehead atoms. The van der Waals surface area contributed by atoms with Crippen molar-refractivity contribution in [3.8, 4) is 0 Å². The van der Waals surface area contributed by atoms with Gasteiger partial charge in [-0.25, -0.2) is 10.4 Å².